The Morgan fingerprint density at radius 3 is 2.40 bits per heavy atom. The molecule has 0 saturated carbocycles. The van der Waals surface area contributed by atoms with Gasteiger partial charge in [0.1, 0.15) is 11.9 Å². The van der Waals surface area contributed by atoms with Gasteiger partial charge in [0, 0.05) is 20.7 Å². The number of likely N-dealkylation sites (N-methyl/N-ethyl adjacent to an activating group) is 1. The van der Waals surface area contributed by atoms with Crippen molar-refractivity contribution in [2.24, 2.45) is 0 Å². The van der Waals surface area contributed by atoms with E-state index in [0.717, 1.165) is 5.56 Å². The zero-order valence-electron chi connectivity index (χ0n) is 9.53. The van der Waals surface area contributed by atoms with E-state index < -0.39 is 0 Å². The maximum Gasteiger partial charge on any atom is 0.139 e. The molecule has 0 aliphatic rings. The summed E-state index contributed by atoms with van der Waals surface area (Å²) in [4.78, 5) is 1.77. The van der Waals surface area contributed by atoms with E-state index >= 15 is 0 Å². The van der Waals surface area contributed by atoms with Crippen molar-refractivity contribution >= 4 is 5.84 Å². The Morgan fingerprint density at radius 1 is 1.33 bits per heavy atom. The first-order valence-corrected chi connectivity index (χ1v) is 5.09. The summed E-state index contributed by atoms with van der Waals surface area (Å²) in [5.41, 5.74) is 1.03. The van der Waals surface area contributed by atoms with Gasteiger partial charge in [-0.1, -0.05) is 30.3 Å². The molecule has 0 aromatic heterocycles. The first kappa shape index (κ1) is 11.7. The van der Waals surface area contributed by atoms with E-state index in [1.54, 1.807) is 4.90 Å². The molecule has 0 heterocycles. The highest BCUT2D eigenvalue weighted by molar-refractivity contribution is 5.84. The fourth-order valence-corrected chi connectivity index (χ4v) is 1.36. The first-order chi connectivity index (χ1) is 7.16. The Morgan fingerprint density at radius 2 is 1.93 bits per heavy atom. The number of ether oxygens (including phenoxy) is 1. The minimum atomic E-state index is -0.258. The van der Waals surface area contributed by atoms with Gasteiger partial charge < -0.3 is 9.64 Å². The predicted octanol–water partition coefficient (Wildman–Crippen LogP) is 2.30. The summed E-state index contributed by atoms with van der Waals surface area (Å²) < 4.78 is 5.58. The SMILES string of the molecule is CCOC(C(=N)N(C)C)c1ccccc1. The molecule has 0 aliphatic carbocycles. The number of nitrogens with one attached hydrogen (secondary N) is 1. The monoisotopic (exact) mass is 206 g/mol. The molecule has 1 aromatic rings. The largest absolute Gasteiger partial charge is 0.366 e. The minimum Gasteiger partial charge on any atom is -0.366 e. The highest BCUT2D eigenvalue weighted by atomic mass is 16.5. The molecule has 0 saturated heterocycles. The van der Waals surface area contributed by atoms with Gasteiger partial charge in [-0.15, -0.1) is 0 Å². The van der Waals surface area contributed by atoms with Gasteiger partial charge in [-0.3, -0.25) is 5.41 Å². The topological polar surface area (TPSA) is 36.3 Å². The Hall–Kier alpha value is -1.35. The molecule has 1 unspecified atom stereocenters. The molecule has 0 bridgehead atoms. The van der Waals surface area contributed by atoms with Crippen molar-refractivity contribution in [1.82, 2.24) is 4.90 Å². The molecule has 3 nitrogen and oxygen atoms in total. The molecule has 0 amide bonds. The Balaban J connectivity index is 2.88. The molecule has 0 fully saturated rings. The van der Waals surface area contributed by atoms with Gasteiger partial charge in [-0.25, -0.2) is 0 Å². The molecule has 0 aliphatic heterocycles. The molecular formula is C12H18N2O. The molecule has 0 spiro atoms. The van der Waals surface area contributed by atoms with Crippen LogP contribution in [0.3, 0.4) is 0 Å². The number of hydrogen-bond acceptors (Lipinski definition) is 2. The molecule has 15 heavy (non-hydrogen) atoms. The van der Waals surface area contributed by atoms with Gasteiger partial charge in [0.15, 0.2) is 0 Å². The lowest BCUT2D eigenvalue weighted by atomic mass is 10.1. The smallest absolute Gasteiger partial charge is 0.139 e. The lowest BCUT2D eigenvalue weighted by Gasteiger charge is -2.23. The lowest BCUT2D eigenvalue weighted by molar-refractivity contribution is 0.102. The Bertz CT molecular complexity index is 309. The third-order valence-corrected chi connectivity index (χ3v) is 2.17. The van der Waals surface area contributed by atoms with E-state index in [4.69, 9.17) is 10.1 Å². The van der Waals surface area contributed by atoms with Crippen molar-refractivity contribution in [3.8, 4) is 0 Å². The maximum atomic E-state index is 7.94. The Labute approximate surface area is 91.2 Å². The second kappa shape index (κ2) is 5.51. The number of rotatable bonds is 4. The highest BCUT2D eigenvalue weighted by Crippen LogP contribution is 2.18. The number of amidine groups is 1. The molecule has 0 radical (unpaired) electrons. The van der Waals surface area contributed by atoms with Crippen LogP contribution < -0.4 is 0 Å². The third kappa shape index (κ3) is 3.06. The molecule has 1 rings (SSSR count). The van der Waals surface area contributed by atoms with Crippen LogP contribution in [0, 0.1) is 5.41 Å². The first-order valence-electron chi connectivity index (χ1n) is 5.09. The molecule has 1 N–H and O–H groups in total. The van der Waals surface area contributed by atoms with Gasteiger partial charge in [-0.2, -0.15) is 0 Å². The van der Waals surface area contributed by atoms with Crippen LogP contribution in [0.15, 0.2) is 30.3 Å². The van der Waals surface area contributed by atoms with Crippen LogP contribution >= 0.6 is 0 Å². The zero-order chi connectivity index (χ0) is 11.3. The third-order valence-electron chi connectivity index (χ3n) is 2.17. The van der Waals surface area contributed by atoms with Crippen LogP contribution in [-0.4, -0.2) is 31.4 Å². The van der Waals surface area contributed by atoms with Crippen molar-refractivity contribution < 1.29 is 4.74 Å². The second-order valence-electron chi connectivity index (χ2n) is 3.53. The van der Waals surface area contributed by atoms with Gasteiger partial charge in [-0.05, 0) is 12.5 Å². The van der Waals surface area contributed by atoms with Crippen LogP contribution in [0.2, 0.25) is 0 Å². The molecular weight excluding hydrogens is 188 g/mol. The van der Waals surface area contributed by atoms with Crippen LogP contribution in [0.4, 0.5) is 0 Å². The summed E-state index contributed by atoms with van der Waals surface area (Å²) in [5.74, 6) is 0.475. The van der Waals surface area contributed by atoms with Crippen LogP contribution in [0.5, 0.6) is 0 Å². The van der Waals surface area contributed by atoms with Crippen molar-refractivity contribution in [2.45, 2.75) is 13.0 Å². The van der Waals surface area contributed by atoms with Crippen molar-refractivity contribution in [3.05, 3.63) is 35.9 Å². The molecule has 1 aromatic carbocycles. The normalized spacial score (nSPS) is 12.2. The number of hydrogen-bond donors (Lipinski definition) is 1. The fraction of sp³-hybridized carbons (Fsp3) is 0.417. The lowest BCUT2D eigenvalue weighted by Crippen LogP contribution is -2.29. The maximum absolute atomic E-state index is 7.94. The van der Waals surface area contributed by atoms with Gasteiger partial charge in [0.05, 0.1) is 0 Å². The summed E-state index contributed by atoms with van der Waals surface area (Å²) in [6.45, 7) is 2.55. The van der Waals surface area contributed by atoms with Gasteiger partial charge in [0.2, 0.25) is 0 Å². The standard InChI is InChI=1S/C12H18N2O/c1-4-15-11(12(13)14(2)3)10-8-6-5-7-9-10/h5-9,11,13H,4H2,1-3H3. The highest BCUT2D eigenvalue weighted by Gasteiger charge is 2.18. The van der Waals surface area contributed by atoms with Crippen LogP contribution in [-0.2, 0) is 4.74 Å². The number of benzene rings is 1. The minimum absolute atomic E-state index is 0.258. The number of nitrogens with zero attached hydrogens (tertiary/aromatic N) is 1. The van der Waals surface area contributed by atoms with E-state index in [9.17, 15) is 0 Å². The van der Waals surface area contributed by atoms with E-state index in [1.165, 1.54) is 0 Å². The second-order valence-corrected chi connectivity index (χ2v) is 3.53. The van der Waals surface area contributed by atoms with Crippen molar-refractivity contribution in [2.75, 3.05) is 20.7 Å². The predicted molar refractivity (Wildman–Crippen MR) is 62.2 cm³/mol. The summed E-state index contributed by atoms with van der Waals surface area (Å²) in [7, 11) is 3.72. The Kier molecular flexibility index (Phi) is 4.31. The van der Waals surface area contributed by atoms with Crippen molar-refractivity contribution in [1.29, 1.82) is 5.41 Å². The van der Waals surface area contributed by atoms with E-state index in [1.807, 2.05) is 51.4 Å². The molecule has 82 valence electrons. The summed E-state index contributed by atoms with van der Waals surface area (Å²) >= 11 is 0. The summed E-state index contributed by atoms with van der Waals surface area (Å²) in [6, 6.07) is 9.86. The van der Waals surface area contributed by atoms with E-state index in [2.05, 4.69) is 0 Å². The molecule has 3 heteroatoms. The average molecular weight is 206 g/mol. The zero-order valence-corrected chi connectivity index (χ0v) is 9.53. The fourth-order valence-electron chi connectivity index (χ4n) is 1.36. The van der Waals surface area contributed by atoms with Gasteiger partial charge in [0.25, 0.3) is 0 Å². The van der Waals surface area contributed by atoms with E-state index in [-0.39, 0.29) is 6.10 Å². The van der Waals surface area contributed by atoms with Crippen LogP contribution in [0.1, 0.15) is 18.6 Å². The molecule has 1 atom stereocenters. The van der Waals surface area contributed by atoms with Gasteiger partial charge >= 0.3 is 0 Å². The van der Waals surface area contributed by atoms with Crippen molar-refractivity contribution in [3.63, 3.8) is 0 Å². The summed E-state index contributed by atoms with van der Waals surface area (Å²) in [6.07, 6.45) is -0.258. The average Bonchev–Trinajstić information content (AvgIpc) is 2.26. The van der Waals surface area contributed by atoms with Crippen LogP contribution in [0.25, 0.3) is 0 Å². The van der Waals surface area contributed by atoms with E-state index in [0.29, 0.717) is 12.4 Å². The summed E-state index contributed by atoms with van der Waals surface area (Å²) in [5, 5.41) is 7.94. The quantitative estimate of drug-likeness (QED) is 0.606.